The van der Waals surface area contributed by atoms with Crippen molar-refractivity contribution >= 4 is 21.7 Å². The summed E-state index contributed by atoms with van der Waals surface area (Å²) in [6.45, 7) is 6.72. The van der Waals surface area contributed by atoms with Crippen LogP contribution in [0.25, 0.3) is 0 Å². The van der Waals surface area contributed by atoms with Crippen LogP contribution in [0.2, 0.25) is 0 Å². The number of hydrogen-bond acceptors (Lipinski definition) is 5. The summed E-state index contributed by atoms with van der Waals surface area (Å²) in [4.78, 5) is 14.0. The summed E-state index contributed by atoms with van der Waals surface area (Å²) in [6, 6.07) is 4.24. The van der Waals surface area contributed by atoms with Crippen LogP contribution in [0.1, 0.15) is 54.1 Å². The van der Waals surface area contributed by atoms with Gasteiger partial charge in [0.25, 0.3) is 10.0 Å². The molecule has 1 aliphatic carbocycles. The third-order valence-electron chi connectivity index (χ3n) is 6.59. The average Bonchev–Trinajstić information content (AvgIpc) is 3.55. The number of rotatable bonds is 10. The zero-order chi connectivity index (χ0) is 24.6. The summed E-state index contributed by atoms with van der Waals surface area (Å²) >= 11 is 0. The lowest BCUT2D eigenvalue weighted by Crippen LogP contribution is -2.24. The summed E-state index contributed by atoms with van der Waals surface area (Å²) < 4.78 is 63.2. The van der Waals surface area contributed by atoms with Gasteiger partial charge in [0.1, 0.15) is 22.9 Å². The van der Waals surface area contributed by atoms with Gasteiger partial charge in [-0.15, -0.1) is 0 Å². The first-order valence-corrected chi connectivity index (χ1v) is 12.9. The van der Waals surface area contributed by atoms with E-state index in [0.29, 0.717) is 19.3 Å². The Morgan fingerprint density at radius 1 is 1.24 bits per heavy atom. The topological polar surface area (TPSA) is 95.9 Å². The first-order valence-electron chi connectivity index (χ1n) is 11.4. The van der Waals surface area contributed by atoms with E-state index in [9.17, 15) is 27.1 Å². The molecule has 0 saturated heterocycles. The molecule has 0 amide bonds. The number of nitrogens with zero attached hydrogens (tertiary/aromatic N) is 1. The monoisotopic (exact) mass is 494 g/mol. The van der Waals surface area contributed by atoms with E-state index in [2.05, 4.69) is 9.62 Å². The fourth-order valence-electron chi connectivity index (χ4n) is 4.64. The van der Waals surface area contributed by atoms with Crippen LogP contribution >= 0.6 is 0 Å². The molecule has 2 aliphatic rings. The number of ether oxygens (including phenoxy) is 1. The minimum Gasteiger partial charge on any atom is -0.492 e. The molecular formula is C24H28F2N2O5S. The highest BCUT2D eigenvalue weighted by molar-refractivity contribution is 7.92. The van der Waals surface area contributed by atoms with Gasteiger partial charge in [0.2, 0.25) is 0 Å². The lowest BCUT2D eigenvalue weighted by atomic mass is 9.99. The first-order chi connectivity index (χ1) is 16.2. The molecule has 1 saturated carbocycles. The van der Waals surface area contributed by atoms with E-state index in [1.165, 1.54) is 6.07 Å². The van der Waals surface area contributed by atoms with E-state index in [4.69, 9.17) is 4.74 Å². The van der Waals surface area contributed by atoms with Crippen molar-refractivity contribution < 1.29 is 31.8 Å². The molecule has 4 rings (SSSR count). The van der Waals surface area contributed by atoms with Gasteiger partial charge in [-0.05, 0) is 74.6 Å². The Morgan fingerprint density at radius 2 is 1.97 bits per heavy atom. The second-order valence-corrected chi connectivity index (χ2v) is 10.4. The van der Waals surface area contributed by atoms with Gasteiger partial charge in [0.15, 0.2) is 0 Å². The molecular weight excluding hydrogens is 466 g/mol. The number of anilines is 1. The number of halogens is 2. The van der Waals surface area contributed by atoms with Gasteiger partial charge in [-0.2, -0.15) is 0 Å². The zero-order valence-corrected chi connectivity index (χ0v) is 19.9. The SMILES string of the molecule is CCN(CC)CCCc1cc(F)ccc1S(=O)(=O)Nc1cc(F)c2c(c1C(=O)O)OCC1CC21. The van der Waals surface area contributed by atoms with Crippen LogP contribution < -0.4 is 9.46 Å². The van der Waals surface area contributed by atoms with Gasteiger partial charge >= 0.3 is 5.97 Å². The largest absolute Gasteiger partial charge is 0.492 e. The maximum Gasteiger partial charge on any atom is 0.341 e. The van der Waals surface area contributed by atoms with Crippen LogP contribution in [0.3, 0.4) is 0 Å². The van der Waals surface area contributed by atoms with E-state index >= 15 is 0 Å². The van der Waals surface area contributed by atoms with Crippen LogP contribution in [-0.2, 0) is 16.4 Å². The molecule has 2 unspecified atom stereocenters. The molecule has 0 spiro atoms. The van der Waals surface area contributed by atoms with Crippen molar-refractivity contribution in [1.82, 2.24) is 4.90 Å². The molecule has 7 nitrogen and oxygen atoms in total. The summed E-state index contributed by atoms with van der Waals surface area (Å²) in [5.74, 6) is -2.78. The van der Waals surface area contributed by atoms with Gasteiger partial charge < -0.3 is 14.7 Å². The van der Waals surface area contributed by atoms with Crippen LogP contribution in [0.15, 0.2) is 29.2 Å². The lowest BCUT2D eigenvalue weighted by Gasteiger charge is -2.22. The maximum absolute atomic E-state index is 14.9. The molecule has 2 atom stereocenters. The number of benzene rings is 2. The number of aryl methyl sites for hydroxylation is 1. The number of sulfonamides is 1. The van der Waals surface area contributed by atoms with Crippen molar-refractivity contribution in [3.63, 3.8) is 0 Å². The maximum atomic E-state index is 14.9. The zero-order valence-electron chi connectivity index (χ0n) is 19.1. The third kappa shape index (κ3) is 4.74. The molecule has 0 bridgehead atoms. The predicted octanol–water partition coefficient (Wildman–Crippen LogP) is 4.23. The van der Waals surface area contributed by atoms with Crippen LogP contribution in [0.5, 0.6) is 5.75 Å². The van der Waals surface area contributed by atoms with Crippen LogP contribution in [-0.4, -0.2) is 50.6 Å². The van der Waals surface area contributed by atoms with E-state index in [1.807, 2.05) is 13.8 Å². The molecule has 0 aromatic heterocycles. The molecule has 1 heterocycles. The number of nitrogens with one attached hydrogen (secondary N) is 1. The fourth-order valence-corrected chi connectivity index (χ4v) is 5.96. The Bertz CT molecular complexity index is 1210. The standard InChI is InChI=1S/C24H28F2N2O5S/c1-3-28(4-2)9-5-6-14-10-16(25)7-8-20(14)34(31,32)27-19-12-18(26)21-17-11-15(17)13-33-23(21)22(19)24(29)30/h7-8,10,12,15,17,27H,3-6,9,11,13H2,1-2H3,(H,29,30). The molecule has 184 valence electrons. The van der Waals surface area contributed by atoms with Gasteiger partial charge in [0, 0.05) is 11.5 Å². The van der Waals surface area contributed by atoms with Crippen molar-refractivity contribution in [3.8, 4) is 5.75 Å². The quantitative estimate of drug-likeness (QED) is 0.513. The Hall–Kier alpha value is -2.72. The summed E-state index contributed by atoms with van der Waals surface area (Å²) in [6.07, 6.45) is 1.62. The predicted molar refractivity (Wildman–Crippen MR) is 123 cm³/mol. The second kappa shape index (κ2) is 9.50. The minimum atomic E-state index is -4.34. The normalized spacial score (nSPS) is 18.7. The minimum absolute atomic E-state index is 0.109. The molecule has 1 aliphatic heterocycles. The highest BCUT2D eigenvalue weighted by Crippen LogP contribution is 2.56. The number of fused-ring (bicyclic) bond motifs is 3. The van der Waals surface area contributed by atoms with Crippen molar-refractivity contribution in [1.29, 1.82) is 0 Å². The summed E-state index contributed by atoms with van der Waals surface area (Å²) in [7, 11) is -4.34. The van der Waals surface area contributed by atoms with E-state index in [1.54, 1.807) is 0 Å². The highest BCUT2D eigenvalue weighted by atomic mass is 32.2. The fraction of sp³-hybridized carbons (Fsp3) is 0.458. The molecule has 2 N–H and O–H groups in total. The lowest BCUT2D eigenvalue weighted by molar-refractivity contribution is 0.0692. The number of carboxylic acids is 1. The number of carboxylic acid groups (broad SMARTS) is 1. The van der Waals surface area contributed by atoms with E-state index in [-0.39, 0.29) is 40.2 Å². The van der Waals surface area contributed by atoms with Crippen molar-refractivity contribution in [2.45, 2.75) is 43.9 Å². The van der Waals surface area contributed by atoms with Crippen molar-refractivity contribution in [2.24, 2.45) is 5.92 Å². The van der Waals surface area contributed by atoms with Crippen LogP contribution in [0, 0.1) is 17.6 Å². The Labute approximate surface area is 197 Å². The highest BCUT2D eigenvalue weighted by Gasteiger charge is 2.47. The van der Waals surface area contributed by atoms with Gasteiger partial charge in [-0.1, -0.05) is 13.8 Å². The van der Waals surface area contributed by atoms with E-state index in [0.717, 1.165) is 37.8 Å². The number of aromatic carboxylic acids is 1. The smallest absolute Gasteiger partial charge is 0.341 e. The molecule has 2 aromatic carbocycles. The van der Waals surface area contributed by atoms with Gasteiger partial charge in [-0.3, -0.25) is 4.72 Å². The number of hydrogen-bond donors (Lipinski definition) is 2. The molecule has 10 heteroatoms. The van der Waals surface area contributed by atoms with Crippen molar-refractivity contribution in [2.75, 3.05) is 31.0 Å². The molecule has 0 radical (unpaired) electrons. The molecule has 2 aromatic rings. The second-order valence-electron chi connectivity index (χ2n) is 8.73. The Kier molecular flexibility index (Phi) is 6.82. The van der Waals surface area contributed by atoms with E-state index < -0.39 is 38.9 Å². The Morgan fingerprint density at radius 3 is 2.65 bits per heavy atom. The third-order valence-corrected chi connectivity index (χ3v) is 8.06. The summed E-state index contributed by atoms with van der Waals surface area (Å²) in [5, 5.41) is 9.79. The molecule has 1 fully saturated rings. The average molecular weight is 495 g/mol. The van der Waals surface area contributed by atoms with Crippen LogP contribution in [0.4, 0.5) is 14.5 Å². The first kappa shape index (κ1) is 24.4. The van der Waals surface area contributed by atoms with Crippen molar-refractivity contribution in [3.05, 3.63) is 52.6 Å². The number of carbonyl (C=O) groups is 1. The van der Waals surface area contributed by atoms with Gasteiger partial charge in [-0.25, -0.2) is 22.0 Å². The Balaban J connectivity index is 1.66. The summed E-state index contributed by atoms with van der Waals surface area (Å²) in [5.41, 5.74) is -0.376. The molecule has 34 heavy (non-hydrogen) atoms. The van der Waals surface area contributed by atoms with Gasteiger partial charge in [0.05, 0.1) is 17.2 Å².